The van der Waals surface area contributed by atoms with E-state index in [1.165, 1.54) is 18.3 Å². The van der Waals surface area contributed by atoms with E-state index >= 15 is 0 Å². The SMILES string of the molecule is O=C(Nc1c[nH]c2ccc(OCCc3ccc(C(F)(F)F)cc3)cc12)C1(C(F)(F)F)CC1. The van der Waals surface area contributed by atoms with Gasteiger partial charge in [0.25, 0.3) is 0 Å². The van der Waals surface area contributed by atoms with Gasteiger partial charge >= 0.3 is 12.4 Å². The highest BCUT2D eigenvalue weighted by atomic mass is 19.4. The molecule has 0 radical (unpaired) electrons. The Bertz CT molecular complexity index is 1130. The average Bonchev–Trinajstić information content (AvgIpc) is 3.46. The lowest BCUT2D eigenvalue weighted by Crippen LogP contribution is -2.36. The number of carbonyl (C=O) groups is 1. The Morgan fingerprint density at radius 1 is 1.03 bits per heavy atom. The summed E-state index contributed by atoms with van der Waals surface area (Å²) in [5.74, 6) is -0.670. The molecule has 1 saturated carbocycles. The minimum atomic E-state index is -4.60. The zero-order valence-electron chi connectivity index (χ0n) is 16.5. The van der Waals surface area contributed by atoms with Crippen molar-refractivity contribution in [1.29, 1.82) is 0 Å². The quantitative estimate of drug-likeness (QED) is 0.441. The number of rotatable bonds is 6. The zero-order chi connectivity index (χ0) is 23.1. The molecule has 4 nitrogen and oxygen atoms in total. The van der Waals surface area contributed by atoms with Crippen molar-refractivity contribution in [2.75, 3.05) is 11.9 Å². The lowest BCUT2D eigenvalue weighted by Gasteiger charge is -2.18. The maximum atomic E-state index is 13.2. The molecule has 0 saturated heterocycles. The summed E-state index contributed by atoms with van der Waals surface area (Å²) < 4.78 is 83.0. The van der Waals surface area contributed by atoms with E-state index in [0.29, 0.717) is 28.6 Å². The van der Waals surface area contributed by atoms with Crippen LogP contribution in [0.3, 0.4) is 0 Å². The summed E-state index contributed by atoms with van der Waals surface area (Å²) in [6.07, 6.45) is -7.68. The van der Waals surface area contributed by atoms with Crippen molar-refractivity contribution in [2.45, 2.75) is 31.6 Å². The second-order valence-electron chi connectivity index (χ2n) is 7.74. The number of amides is 1. The smallest absolute Gasteiger partial charge is 0.416 e. The van der Waals surface area contributed by atoms with Crippen molar-refractivity contribution < 1.29 is 35.9 Å². The molecule has 1 fully saturated rings. The number of H-pyrrole nitrogens is 1. The molecule has 10 heteroatoms. The fraction of sp³-hybridized carbons (Fsp3) is 0.318. The van der Waals surface area contributed by atoms with Gasteiger partial charge < -0.3 is 15.0 Å². The van der Waals surface area contributed by atoms with Gasteiger partial charge in [-0.2, -0.15) is 26.3 Å². The largest absolute Gasteiger partial charge is 0.493 e. The molecule has 1 aromatic heterocycles. The number of alkyl halides is 6. The number of anilines is 1. The van der Waals surface area contributed by atoms with Gasteiger partial charge in [-0.15, -0.1) is 0 Å². The van der Waals surface area contributed by atoms with E-state index in [1.807, 2.05) is 0 Å². The number of benzene rings is 2. The number of carbonyl (C=O) groups excluding carboxylic acids is 1. The Morgan fingerprint density at radius 3 is 2.31 bits per heavy atom. The first-order chi connectivity index (χ1) is 15.0. The molecular weight excluding hydrogens is 438 g/mol. The molecule has 4 rings (SSSR count). The highest BCUT2D eigenvalue weighted by Gasteiger charge is 2.68. The van der Waals surface area contributed by atoms with E-state index in [-0.39, 0.29) is 25.1 Å². The zero-order valence-corrected chi connectivity index (χ0v) is 16.5. The second-order valence-corrected chi connectivity index (χ2v) is 7.74. The van der Waals surface area contributed by atoms with Crippen LogP contribution in [0.25, 0.3) is 10.9 Å². The van der Waals surface area contributed by atoms with Crippen LogP contribution in [0, 0.1) is 5.41 Å². The predicted molar refractivity (Wildman–Crippen MR) is 105 cm³/mol. The Morgan fingerprint density at radius 2 is 1.72 bits per heavy atom. The summed E-state index contributed by atoms with van der Waals surface area (Å²) >= 11 is 0. The van der Waals surface area contributed by atoms with Crippen molar-refractivity contribution in [3.63, 3.8) is 0 Å². The molecule has 3 aromatic rings. The molecule has 0 spiro atoms. The van der Waals surface area contributed by atoms with Gasteiger partial charge in [0.05, 0.1) is 17.9 Å². The predicted octanol–water partition coefficient (Wildman–Crippen LogP) is 6.09. The normalized spacial score (nSPS) is 15.6. The van der Waals surface area contributed by atoms with E-state index in [0.717, 1.165) is 12.1 Å². The number of halogens is 6. The Balaban J connectivity index is 1.41. The first kappa shape index (κ1) is 22.0. The third-order valence-corrected chi connectivity index (χ3v) is 5.57. The summed E-state index contributed by atoms with van der Waals surface area (Å²) in [4.78, 5) is 15.1. The molecule has 2 N–H and O–H groups in total. The average molecular weight is 456 g/mol. The van der Waals surface area contributed by atoms with Gasteiger partial charge in [-0.3, -0.25) is 4.79 Å². The molecule has 0 aliphatic heterocycles. The molecule has 32 heavy (non-hydrogen) atoms. The van der Waals surface area contributed by atoms with Crippen LogP contribution in [-0.2, 0) is 17.4 Å². The van der Waals surface area contributed by atoms with Crippen LogP contribution in [0.2, 0.25) is 0 Å². The Kier molecular flexibility index (Phi) is 5.34. The Labute approximate surface area is 178 Å². The van der Waals surface area contributed by atoms with E-state index in [2.05, 4.69) is 10.3 Å². The van der Waals surface area contributed by atoms with Crippen LogP contribution in [0.15, 0.2) is 48.7 Å². The second kappa shape index (κ2) is 7.75. The highest BCUT2D eigenvalue weighted by Crippen LogP contribution is 2.58. The van der Waals surface area contributed by atoms with Crippen LogP contribution in [0.4, 0.5) is 32.0 Å². The van der Waals surface area contributed by atoms with Crippen molar-refractivity contribution in [1.82, 2.24) is 4.98 Å². The van der Waals surface area contributed by atoms with Gasteiger partial charge in [0.1, 0.15) is 11.2 Å². The topological polar surface area (TPSA) is 54.1 Å². The molecule has 1 amide bonds. The van der Waals surface area contributed by atoms with E-state index in [4.69, 9.17) is 4.74 Å². The van der Waals surface area contributed by atoms with Gasteiger partial charge in [0.15, 0.2) is 0 Å². The summed E-state index contributed by atoms with van der Waals surface area (Å²) in [7, 11) is 0. The van der Waals surface area contributed by atoms with E-state index in [1.54, 1.807) is 18.2 Å². The summed E-state index contributed by atoms with van der Waals surface area (Å²) in [6, 6.07) is 9.66. The Hall–Kier alpha value is -3.17. The fourth-order valence-electron chi connectivity index (χ4n) is 3.45. The molecule has 1 heterocycles. The van der Waals surface area contributed by atoms with Crippen molar-refractivity contribution in [3.05, 3.63) is 59.8 Å². The lowest BCUT2D eigenvalue weighted by molar-refractivity contribution is -0.189. The molecule has 1 aliphatic rings. The summed E-state index contributed by atoms with van der Waals surface area (Å²) in [6.45, 7) is 0.181. The molecule has 0 bridgehead atoms. The highest BCUT2D eigenvalue weighted by molar-refractivity contribution is 6.05. The van der Waals surface area contributed by atoms with Gasteiger partial charge in [-0.25, -0.2) is 0 Å². The van der Waals surface area contributed by atoms with Crippen molar-refractivity contribution >= 4 is 22.5 Å². The minimum absolute atomic E-state index is 0.181. The first-order valence-electron chi connectivity index (χ1n) is 9.78. The van der Waals surface area contributed by atoms with Crippen LogP contribution in [0.5, 0.6) is 5.75 Å². The molecule has 0 unspecified atom stereocenters. The molecular formula is C22H18F6N2O2. The van der Waals surface area contributed by atoms with E-state index < -0.39 is 29.2 Å². The van der Waals surface area contributed by atoms with E-state index in [9.17, 15) is 31.1 Å². The maximum absolute atomic E-state index is 13.2. The summed E-state index contributed by atoms with van der Waals surface area (Å²) in [5.41, 5.74) is -1.57. The van der Waals surface area contributed by atoms with Crippen LogP contribution >= 0.6 is 0 Å². The van der Waals surface area contributed by atoms with Gasteiger partial charge in [-0.1, -0.05) is 12.1 Å². The van der Waals surface area contributed by atoms with Crippen LogP contribution < -0.4 is 10.1 Å². The molecule has 2 aromatic carbocycles. The number of fused-ring (bicyclic) bond motifs is 1. The summed E-state index contributed by atoms with van der Waals surface area (Å²) in [5, 5.41) is 2.85. The monoisotopic (exact) mass is 456 g/mol. The standard InChI is InChI=1S/C22H18F6N2O2/c23-21(24,25)14-3-1-13(2-4-14)7-10-32-15-5-6-17-16(11-15)18(12-29-17)30-19(31)20(8-9-20)22(26,27)28/h1-6,11-12,29H,7-10H2,(H,30,31). The first-order valence-corrected chi connectivity index (χ1v) is 9.78. The van der Waals surface area contributed by atoms with Gasteiger partial charge in [0.2, 0.25) is 5.91 Å². The molecule has 1 aliphatic carbocycles. The third kappa shape index (κ3) is 4.26. The minimum Gasteiger partial charge on any atom is -0.493 e. The molecule has 170 valence electrons. The lowest BCUT2D eigenvalue weighted by atomic mass is 10.1. The van der Waals surface area contributed by atoms with Crippen LogP contribution in [-0.4, -0.2) is 23.7 Å². The number of aromatic amines is 1. The molecule has 0 atom stereocenters. The third-order valence-electron chi connectivity index (χ3n) is 5.57. The number of hydrogen-bond donors (Lipinski definition) is 2. The van der Waals surface area contributed by atoms with Crippen molar-refractivity contribution in [2.24, 2.45) is 5.41 Å². The van der Waals surface area contributed by atoms with Gasteiger partial charge in [0, 0.05) is 23.5 Å². The number of nitrogens with one attached hydrogen (secondary N) is 2. The number of aromatic nitrogens is 1. The van der Waals surface area contributed by atoms with Crippen molar-refractivity contribution in [3.8, 4) is 5.75 Å². The van der Waals surface area contributed by atoms with Crippen LogP contribution in [0.1, 0.15) is 24.0 Å². The van der Waals surface area contributed by atoms with Gasteiger partial charge in [-0.05, 0) is 48.7 Å². The number of ether oxygens (including phenoxy) is 1. The number of hydrogen-bond acceptors (Lipinski definition) is 2. The maximum Gasteiger partial charge on any atom is 0.416 e. The fourth-order valence-corrected chi connectivity index (χ4v) is 3.45.